The molecule has 3 nitrogen and oxygen atoms in total. The fourth-order valence-corrected chi connectivity index (χ4v) is 2.48. The Bertz CT molecular complexity index is 379. The number of benzene rings is 1. The summed E-state index contributed by atoms with van der Waals surface area (Å²) >= 11 is 1.90. The summed E-state index contributed by atoms with van der Waals surface area (Å²) in [7, 11) is 0. The fourth-order valence-electron chi connectivity index (χ4n) is 1.98. The maximum atomic E-state index is 11.7. The van der Waals surface area contributed by atoms with Crippen molar-refractivity contribution in [2.24, 2.45) is 0 Å². The zero-order valence-electron chi connectivity index (χ0n) is 12.4. The van der Waals surface area contributed by atoms with E-state index < -0.39 is 0 Å². The maximum absolute atomic E-state index is 11.7. The highest BCUT2D eigenvalue weighted by Crippen LogP contribution is 2.07. The molecule has 0 aliphatic heterocycles. The zero-order valence-corrected chi connectivity index (χ0v) is 13.2. The predicted octanol–water partition coefficient (Wildman–Crippen LogP) is 3.24. The molecule has 4 heteroatoms. The van der Waals surface area contributed by atoms with E-state index >= 15 is 0 Å². The molecule has 0 aromatic heterocycles. The summed E-state index contributed by atoms with van der Waals surface area (Å²) < 4.78 is 0. The number of unbranched alkanes of at least 4 members (excludes halogenated alkanes) is 3. The number of nitrogen functional groups attached to an aromatic ring is 1. The van der Waals surface area contributed by atoms with Crippen molar-refractivity contribution in [2.75, 3.05) is 24.3 Å². The molecule has 0 unspecified atom stereocenters. The Morgan fingerprint density at radius 1 is 1.15 bits per heavy atom. The van der Waals surface area contributed by atoms with Gasteiger partial charge in [0.2, 0.25) is 5.91 Å². The quantitative estimate of drug-likeness (QED) is 0.514. The van der Waals surface area contributed by atoms with E-state index in [-0.39, 0.29) is 5.91 Å². The molecule has 0 saturated heterocycles. The number of carbonyl (C=O) groups is 1. The van der Waals surface area contributed by atoms with Crippen LogP contribution in [0.3, 0.4) is 0 Å². The summed E-state index contributed by atoms with van der Waals surface area (Å²) in [6.07, 6.45) is 8.31. The van der Waals surface area contributed by atoms with Crippen LogP contribution in [0.4, 0.5) is 5.69 Å². The van der Waals surface area contributed by atoms with E-state index in [2.05, 4.69) is 11.6 Å². The molecule has 0 radical (unpaired) electrons. The van der Waals surface area contributed by atoms with Gasteiger partial charge in [-0.05, 0) is 49.0 Å². The predicted molar refractivity (Wildman–Crippen MR) is 89.0 cm³/mol. The van der Waals surface area contributed by atoms with E-state index in [9.17, 15) is 4.79 Å². The molecule has 1 aromatic carbocycles. The molecule has 0 heterocycles. The molecule has 112 valence electrons. The molecule has 1 aromatic rings. The molecular weight excluding hydrogens is 268 g/mol. The van der Waals surface area contributed by atoms with E-state index in [4.69, 9.17) is 5.73 Å². The Kier molecular flexibility index (Phi) is 8.96. The molecule has 1 amide bonds. The maximum Gasteiger partial charge on any atom is 0.220 e. The largest absolute Gasteiger partial charge is 0.399 e. The number of rotatable bonds is 10. The third-order valence-corrected chi connectivity index (χ3v) is 3.91. The zero-order chi connectivity index (χ0) is 14.6. The van der Waals surface area contributed by atoms with Gasteiger partial charge in [0.25, 0.3) is 0 Å². The first-order valence-electron chi connectivity index (χ1n) is 7.32. The number of hydrogen-bond acceptors (Lipinski definition) is 3. The summed E-state index contributed by atoms with van der Waals surface area (Å²) in [4.78, 5) is 11.7. The van der Waals surface area contributed by atoms with E-state index in [1.54, 1.807) is 0 Å². The molecule has 0 aliphatic carbocycles. The van der Waals surface area contributed by atoms with Crippen LogP contribution in [0.1, 0.15) is 37.7 Å². The second-order valence-electron chi connectivity index (χ2n) is 5.00. The van der Waals surface area contributed by atoms with Gasteiger partial charge in [0.05, 0.1) is 0 Å². The first kappa shape index (κ1) is 16.9. The van der Waals surface area contributed by atoms with Gasteiger partial charge >= 0.3 is 0 Å². The topological polar surface area (TPSA) is 55.1 Å². The van der Waals surface area contributed by atoms with Crippen LogP contribution in [0.15, 0.2) is 24.3 Å². The number of anilines is 1. The smallest absolute Gasteiger partial charge is 0.220 e. The number of carbonyl (C=O) groups excluding carboxylic acids is 1. The molecule has 0 spiro atoms. The van der Waals surface area contributed by atoms with Crippen LogP contribution in [-0.2, 0) is 11.2 Å². The molecule has 20 heavy (non-hydrogen) atoms. The minimum absolute atomic E-state index is 0.144. The molecule has 0 aliphatic rings. The van der Waals surface area contributed by atoms with Crippen molar-refractivity contribution in [3.63, 3.8) is 0 Å². The van der Waals surface area contributed by atoms with Crippen molar-refractivity contribution < 1.29 is 4.79 Å². The summed E-state index contributed by atoms with van der Waals surface area (Å²) in [5, 5.41) is 2.99. The van der Waals surface area contributed by atoms with Crippen LogP contribution >= 0.6 is 11.8 Å². The third kappa shape index (κ3) is 8.10. The van der Waals surface area contributed by atoms with Gasteiger partial charge in [0, 0.05) is 18.7 Å². The van der Waals surface area contributed by atoms with Crippen molar-refractivity contribution in [1.82, 2.24) is 5.32 Å². The van der Waals surface area contributed by atoms with Crippen LogP contribution < -0.4 is 11.1 Å². The highest BCUT2D eigenvalue weighted by atomic mass is 32.2. The molecule has 0 bridgehead atoms. The Morgan fingerprint density at radius 2 is 1.85 bits per heavy atom. The third-order valence-electron chi connectivity index (χ3n) is 3.22. The van der Waals surface area contributed by atoms with E-state index in [1.807, 2.05) is 36.0 Å². The lowest BCUT2D eigenvalue weighted by atomic mass is 10.1. The molecule has 0 saturated carbocycles. The second-order valence-corrected chi connectivity index (χ2v) is 5.98. The van der Waals surface area contributed by atoms with Crippen LogP contribution in [-0.4, -0.2) is 24.5 Å². The van der Waals surface area contributed by atoms with Gasteiger partial charge in [0.15, 0.2) is 0 Å². The monoisotopic (exact) mass is 294 g/mol. The standard InChI is InChI=1S/C16H26N2OS/c1-20-13-5-3-2-4-12-18-16(19)11-8-14-6-9-15(17)10-7-14/h6-7,9-10H,2-5,8,11-13,17H2,1H3,(H,18,19). The van der Waals surface area contributed by atoms with Gasteiger partial charge in [0.1, 0.15) is 0 Å². The summed E-state index contributed by atoms with van der Waals surface area (Å²) in [5.41, 5.74) is 7.55. The van der Waals surface area contributed by atoms with E-state index in [1.165, 1.54) is 25.0 Å². The Labute approximate surface area is 126 Å². The first-order valence-corrected chi connectivity index (χ1v) is 8.72. The second kappa shape index (κ2) is 10.6. The van der Waals surface area contributed by atoms with Crippen molar-refractivity contribution >= 4 is 23.4 Å². The highest BCUT2D eigenvalue weighted by Gasteiger charge is 2.01. The summed E-state index contributed by atoms with van der Waals surface area (Å²) in [5.74, 6) is 1.39. The Balaban J connectivity index is 2.01. The summed E-state index contributed by atoms with van der Waals surface area (Å²) in [6.45, 7) is 0.805. The van der Waals surface area contributed by atoms with Crippen molar-refractivity contribution in [2.45, 2.75) is 38.5 Å². The van der Waals surface area contributed by atoms with E-state index in [0.717, 1.165) is 30.6 Å². The molecular formula is C16H26N2OS. The van der Waals surface area contributed by atoms with Crippen LogP contribution in [0.2, 0.25) is 0 Å². The molecule has 1 rings (SSSR count). The Morgan fingerprint density at radius 3 is 2.55 bits per heavy atom. The lowest BCUT2D eigenvalue weighted by Crippen LogP contribution is -2.24. The van der Waals surface area contributed by atoms with Gasteiger partial charge in [-0.3, -0.25) is 4.79 Å². The van der Waals surface area contributed by atoms with E-state index in [0.29, 0.717) is 6.42 Å². The van der Waals surface area contributed by atoms with Crippen molar-refractivity contribution in [3.8, 4) is 0 Å². The van der Waals surface area contributed by atoms with Crippen LogP contribution in [0, 0.1) is 0 Å². The van der Waals surface area contributed by atoms with Crippen LogP contribution in [0.5, 0.6) is 0 Å². The van der Waals surface area contributed by atoms with Gasteiger partial charge in [-0.1, -0.05) is 25.0 Å². The lowest BCUT2D eigenvalue weighted by Gasteiger charge is -2.05. The number of nitrogens with one attached hydrogen (secondary N) is 1. The van der Waals surface area contributed by atoms with Gasteiger partial charge in [-0.15, -0.1) is 0 Å². The molecule has 0 fully saturated rings. The minimum atomic E-state index is 0.144. The number of aryl methyl sites for hydroxylation is 1. The number of thioether (sulfide) groups is 1. The molecule has 0 atom stereocenters. The molecule has 3 N–H and O–H groups in total. The SMILES string of the molecule is CSCCCCCCNC(=O)CCc1ccc(N)cc1. The van der Waals surface area contributed by atoms with Crippen LogP contribution in [0.25, 0.3) is 0 Å². The fraction of sp³-hybridized carbons (Fsp3) is 0.562. The Hall–Kier alpha value is -1.16. The average molecular weight is 294 g/mol. The van der Waals surface area contributed by atoms with Crippen molar-refractivity contribution in [1.29, 1.82) is 0 Å². The van der Waals surface area contributed by atoms with Gasteiger partial charge in [-0.25, -0.2) is 0 Å². The van der Waals surface area contributed by atoms with Gasteiger partial charge in [-0.2, -0.15) is 11.8 Å². The number of hydrogen-bond donors (Lipinski definition) is 2. The van der Waals surface area contributed by atoms with Crippen molar-refractivity contribution in [3.05, 3.63) is 29.8 Å². The lowest BCUT2D eigenvalue weighted by molar-refractivity contribution is -0.121. The first-order chi connectivity index (χ1) is 9.72. The number of amides is 1. The average Bonchev–Trinajstić information content (AvgIpc) is 2.46. The minimum Gasteiger partial charge on any atom is -0.399 e. The normalized spacial score (nSPS) is 10.4. The number of nitrogens with two attached hydrogens (primary N) is 1. The van der Waals surface area contributed by atoms with Gasteiger partial charge < -0.3 is 11.1 Å². The summed E-state index contributed by atoms with van der Waals surface area (Å²) in [6, 6.07) is 7.71. The highest BCUT2D eigenvalue weighted by molar-refractivity contribution is 7.98.